The number of anilines is 1. The lowest BCUT2D eigenvalue weighted by Crippen LogP contribution is -2.20. The summed E-state index contributed by atoms with van der Waals surface area (Å²) in [5.74, 6) is 0. The first-order chi connectivity index (χ1) is 8.86. The van der Waals surface area contributed by atoms with Crippen molar-refractivity contribution >= 4 is 15.7 Å². The van der Waals surface area contributed by atoms with E-state index >= 15 is 0 Å². The molecule has 0 radical (unpaired) electrons. The number of benzene rings is 1. The number of hydrogen-bond donors (Lipinski definition) is 2. The Morgan fingerprint density at radius 1 is 1.42 bits per heavy atom. The van der Waals surface area contributed by atoms with Crippen LogP contribution in [-0.2, 0) is 14.8 Å². The van der Waals surface area contributed by atoms with E-state index in [2.05, 4.69) is 12.2 Å². The molecule has 106 valence electrons. The Balaban J connectivity index is 2.07. The summed E-state index contributed by atoms with van der Waals surface area (Å²) in [7, 11) is -3.66. The summed E-state index contributed by atoms with van der Waals surface area (Å²) < 4.78 is 28.4. The molecule has 5 nitrogen and oxygen atoms in total. The maximum Gasteiger partial charge on any atom is 0.238 e. The first-order valence-corrected chi connectivity index (χ1v) is 7.93. The predicted octanol–water partition coefficient (Wildman–Crippen LogP) is 1.62. The number of nitrogens with one attached hydrogen (secondary N) is 1. The van der Waals surface area contributed by atoms with Crippen LogP contribution in [0, 0.1) is 6.92 Å². The maximum atomic E-state index is 11.3. The van der Waals surface area contributed by atoms with Crippen LogP contribution in [0.2, 0.25) is 0 Å². The Kier molecular flexibility index (Phi) is 4.13. The topological polar surface area (TPSA) is 81.4 Å². The van der Waals surface area contributed by atoms with Gasteiger partial charge in [-0.2, -0.15) is 0 Å². The van der Waals surface area contributed by atoms with Crippen LogP contribution < -0.4 is 10.5 Å². The number of nitrogens with two attached hydrogens (primary N) is 1. The number of rotatable bonds is 4. The standard InChI is InChI=1S/C13H20N2O3S/c1-9-3-6-12(19(14,16)17)7-13(9)15-8-11-5-4-10(2)18-11/h3,6-7,10-11,15H,4-5,8H2,1-2H3,(H2,14,16,17). The van der Waals surface area contributed by atoms with Crippen LogP contribution in [-0.4, -0.2) is 27.2 Å². The molecule has 1 aromatic carbocycles. The lowest BCUT2D eigenvalue weighted by atomic mass is 10.1. The molecule has 6 heteroatoms. The van der Waals surface area contributed by atoms with Crippen molar-refractivity contribution in [1.82, 2.24) is 0 Å². The van der Waals surface area contributed by atoms with Crippen LogP contribution in [0.3, 0.4) is 0 Å². The molecule has 2 rings (SSSR count). The molecule has 1 aliphatic heterocycles. The van der Waals surface area contributed by atoms with Crippen LogP contribution in [0.4, 0.5) is 5.69 Å². The van der Waals surface area contributed by atoms with E-state index in [0.717, 1.165) is 24.1 Å². The summed E-state index contributed by atoms with van der Waals surface area (Å²) in [5.41, 5.74) is 1.77. The molecule has 0 bridgehead atoms. The van der Waals surface area contributed by atoms with Crippen LogP contribution in [0.5, 0.6) is 0 Å². The second-order valence-electron chi connectivity index (χ2n) is 5.05. The highest BCUT2D eigenvalue weighted by atomic mass is 32.2. The number of primary sulfonamides is 1. The van der Waals surface area contributed by atoms with E-state index in [1.165, 1.54) is 6.07 Å². The number of ether oxygens (including phenoxy) is 1. The largest absolute Gasteiger partial charge is 0.382 e. The molecule has 2 unspecified atom stereocenters. The molecule has 0 aliphatic carbocycles. The van der Waals surface area contributed by atoms with Crippen molar-refractivity contribution in [3.05, 3.63) is 23.8 Å². The zero-order chi connectivity index (χ0) is 14.0. The van der Waals surface area contributed by atoms with Gasteiger partial charge in [0.05, 0.1) is 17.1 Å². The highest BCUT2D eigenvalue weighted by Crippen LogP contribution is 2.22. The molecule has 3 N–H and O–H groups in total. The summed E-state index contributed by atoms with van der Waals surface area (Å²) in [6, 6.07) is 4.84. The van der Waals surface area contributed by atoms with Gasteiger partial charge in [0.25, 0.3) is 0 Å². The zero-order valence-electron chi connectivity index (χ0n) is 11.2. The molecule has 0 saturated carbocycles. The van der Waals surface area contributed by atoms with Gasteiger partial charge in [-0.3, -0.25) is 0 Å². The number of sulfonamides is 1. The molecule has 19 heavy (non-hydrogen) atoms. The van der Waals surface area contributed by atoms with E-state index in [1.807, 2.05) is 6.92 Å². The fourth-order valence-corrected chi connectivity index (χ4v) is 2.77. The SMILES string of the molecule is Cc1ccc(S(N)(=O)=O)cc1NCC1CCC(C)O1. The third-order valence-electron chi connectivity index (χ3n) is 3.38. The second kappa shape index (κ2) is 5.48. The lowest BCUT2D eigenvalue weighted by molar-refractivity contribution is 0.0637. The predicted molar refractivity (Wildman–Crippen MR) is 74.6 cm³/mol. The molecule has 0 amide bonds. The third-order valence-corrected chi connectivity index (χ3v) is 4.29. The Morgan fingerprint density at radius 3 is 2.74 bits per heavy atom. The normalized spacial score (nSPS) is 23.5. The van der Waals surface area contributed by atoms with Gasteiger partial charge in [0.1, 0.15) is 0 Å². The minimum absolute atomic E-state index is 0.126. The van der Waals surface area contributed by atoms with E-state index in [-0.39, 0.29) is 11.0 Å². The highest BCUT2D eigenvalue weighted by molar-refractivity contribution is 7.89. The summed E-state index contributed by atoms with van der Waals surface area (Å²) in [5, 5.41) is 8.37. The van der Waals surface area contributed by atoms with Crippen molar-refractivity contribution in [2.24, 2.45) is 5.14 Å². The molecule has 0 spiro atoms. The van der Waals surface area contributed by atoms with Gasteiger partial charge in [-0.1, -0.05) is 6.07 Å². The third kappa shape index (κ3) is 3.68. The van der Waals surface area contributed by atoms with Crippen LogP contribution in [0.1, 0.15) is 25.3 Å². The Hall–Kier alpha value is -1.11. The quantitative estimate of drug-likeness (QED) is 0.880. The first kappa shape index (κ1) is 14.3. The summed E-state index contributed by atoms with van der Waals surface area (Å²) in [4.78, 5) is 0.126. The lowest BCUT2D eigenvalue weighted by Gasteiger charge is -2.15. The van der Waals surface area contributed by atoms with Crippen LogP contribution in [0.25, 0.3) is 0 Å². The van der Waals surface area contributed by atoms with Gasteiger partial charge in [-0.25, -0.2) is 13.6 Å². The van der Waals surface area contributed by atoms with Gasteiger partial charge in [0, 0.05) is 12.2 Å². The van der Waals surface area contributed by atoms with Crippen molar-refractivity contribution in [3.8, 4) is 0 Å². The maximum absolute atomic E-state index is 11.3. The number of hydrogen-bond acceptors (Lipinski definition) is 4. The van der Waals surface area contributed by atoms with Crippen molar-refractivity contribution < 1.29 is 13.2 Å². The second-order valence-corrected chi connectivity index (χ2v) is 6.61. The Bertz CT molecular complexity index is 557. The molecule has 1 aromatic rings. The van der Waals surface area contributed by atoms with Crippen molar-refractivity contribution in [2.75, 3.05) is 11.9 Å². The first-order valence-electron chi connectivity index (χ1n) is 6.39. The molecule has 1 fully saturated rings. The molecular formula is C13H20N2O3S. The van der Waals surface area contributed by atoms with E-state index in [1.54, 1.807) is 12.1 Å². The van der Waals surface area contributed by atoms with Gasteiger partial charge in [0.15, 0.2) is 0 Å². The summed E-state index contributed by atoms with van der Waals surface area (Å²) >= 11 is 0. The monoisotopic (exact) mass is 284 g/mol. The van der Waals surface area contributed by atoms with Crippen LogP contribution in [0.15, 0.2) is 23.1 Å². The zero-order valence-corrected chi connectivity index (χ0v) is 12.0. The van der Waals surface area contributed by atoms with Crippen molar-refractivity contribution in [2.45, 2.75) is 43.8 Å². The van der Waals surface area contributed by atoms with Gasteiger partial charge in [-0.15, -0.1) is 0 Å². The van der Waals surface area contributed by atoms with Crippen molar-refractivity contribution in [1.29, 1.82) is 0 Å². The molecular weight excluding hydrogens is 264 g/mol. The van der Waals surface area contributed by atoms with Crippen molar-refractivity contribution in [3.63, 3.8) is 0 Å². The number of aryl methyl sites for hydroxylation is 1. The van der Waals surface area contributed by atoms with Gasteiger partial charge < -0.3 is 10.1 Å². The average Bonchev–Trinajstić information content (AvgIpc) is 2.72. The summed E-state index contributed by atoms with van der Waals surface area (Å²) in [6.07, 6.45) is 2.60. The minimum atomic E-state index is -3.66. The Labute approximate surface area is 114 Å². The summed E-state index contributed by atoms with van der Waals surface area (Å²) in [6.45, 7) is 4.67. The van der Waals surface area contributed by atoms with E-state index < -0.39 is 10.0 Å². The molecule has 1 heterocycles. The van der Waals surface area contributed by atoms with Gasteiger partial charge in [-0.05, 0) is 44.4 Å². The van der Waals surface area contributed by atoms with Gasteiger partial charge >= 0.3 is 0 Å². The van der Waals surface area contributed by atoms with E-state index in [4.69, 9.17) is 9.88 Å². The Morgan fingerprint density at radius 2 is 2.16 bits per heavy atom. The molecule has 1 aliphatic rings. The molecule has 2 atom stereocenters. The van der Waals surface area contributed by atoms with E-state index in [0.29, 0.717) is 12.6 Å². The smallest absolute Gasteiger partial charge is 0.238 e. The minimum Gasteiger partial charge on any atom is -0.382 e. The van der Waals surface area contributed by atoms with Crippen LogP contribution >= 0.6 is 0 Å². The average molecular weight is 284 g/mol. The van der Waals surface area contributed by atoms with E-state index in [9.17, 15) is 8.42 Å². The highest BCUT2D eigenvalue weighted by Gasteiger charge is 2.21. The fourth-order valence-electron chi connectivity index (χ4n) is 2.23. The molecule has 1 saturated heterocycles. The fraction of sp³-hybridized carbons (Fsp3) is 0.538. The molecule has 0 aromatic heterocycles. The van der Waals surface area contributed by atoms with Gasteiger partial charge in [0.2, 0.25) is 10.0 Å².